The second-order valence-corrected chi connectivity index (χ2v) is 6.23. The lowest BCUT2D eigenvalue weighted by Crippen LogP contribution is -2.13. The third-order valence-corrected chi connectivity index (χ3v) is 4.95. The molecular formula is C14H16FNO4S. The number of thioether (sulfide) groups is 1. The first-order valence-corrected chi connectivity index (χ1v) is 7.37. The van der Waals surface area contributed by atoms with Crippen molar-refractivity contribution in [1.82, 2.24) is 0 Å². The van der Waals surface area contributed by atoms with E-state index in [2.05, 4.69) is 4.74 Å². The highest BCUT2D eigenvalue weighted by Crippen LogP contribution is 2.52. The third-order valence-electron chi connectivity index (χ3n) is 3.57. The molecule has 5 nitrogen and oxygen atoms in total. The molecule has 1 aliphatic rings. The number of carboxylic acid groups (broad SMARTS) is 1. The van der Waals surface area contributed by atoms with E-state index >= 15 is 0 Å². The third kappa shape index (κ3) is 3.66. The Hall–Kier alpha value is -1.76. The number of ether oxygens (including phenoxy) is 1. The van der Waals surface area contributed by atoms with Crippen LogP contribution in [0.1, 0.15) is 29.6 Å². The summed E-state index contributed by atoms with van der Waals surface area (Å²) in [4.78, 5) is 22.6. The van der Waals surface area contributed by atoms with Crippen LogP contribution in [0.15, 0.2) is 17.0 Å². The number of carbonyl (C=O) groups excluding carboxylic acids is 1. The molecule has 1 aromatic carbocycles. The van der Waals surface area contributed by atoms with E-state index < -0.39 is 11.8 Å². The molecule has 3 N–H and O–H groups in total. The number of aromatic carboxylic acids is 1. The number of methoxy groups -OCH3 is 1. The lowest BCUT2D eigenvalue weighted by Gasteiger charge is -2.14. The molecule has 2 rings (SSSR count). The Morgan fingerprint density at radius 1 is 1.48 bits per heavy atom. The van der Waals surface area contributed by atoms with Crippen LogP contribution >= 0.6 is 11.8 Å². The van der Waals surface area contributed by atoms with Crippen LogP contribution in [0.3, 0.4) is 0 Å². The van der Waals surface area contributed by atoms with Crippen LogP contribution in [0, 0.1) is 11.2 Å². The highest BCUT2D eigenvalue weighted by atomic mass is 32.2. The van der Waals surface area contributed by atoms with Crippen LogP contribution in [0.25, 0.3) is 0 Å². The van der Waals surface area contributed by atoms with Gasteiger partial charge in [0.05, 0.1) is 19.1 Å². The molecule has 0 spiro atoms. The minimum Gasteiger partial charge on any atom is -0.478 e. The first-order valence-electron chi connectivity index (χ1n) is 6.39. The van der Waals surface area contributed by atoms with Crippen LogP contribution < -0.4 is 5.73 Å². The van der Waals surface area contributed by atoms with Crippen LogP contribution in [0.4, 0.5) is 10.1 Å². The van der Waals surface area contributed by atoms with Gasteiger partial charge in [-0.1, -0.05) is 0 Å². The minimum absolute atomic E-state index is 0.0972. The van der Waals surface area contributed by atoms with E-state index in [1.54, 1.807) is 0 Å². The number of nitrogens with two attached hydrogens (primary N) is 1. The predicted octanol–water partition coefficient (Wildman–Crippen LogP) is 2.54. The van der Waals surface area contributed by atoms with Crippen molar-refractivity contribution < 1.29 is 23.8 Å². The minimum atomic E-state index is -1.19. The topological polar surface area (TPSA) is 89.6 Å². The summed E-state index contributed by atoms with van der Waals surface area (Å²) in [5, 5.41) is 9.00. The summed E-state index contributed by atoms with van der Waals surface area (Å²) in [7, 11) is 1.34. The van der Waals surface area contributed by atoms with E-state index in [0.717, 1.165) is 18.9 Å². The van der Waals surface area contributed by atoms with Gasteiger partial charge in [-0.05, 0) is 30.4 Å². The summed E-state index contributed by atoms with van der Waals surface area (Å²) in [6.07, 6.45) is 2.08. The van der Waals surface area contributed by atoms with Gasteiger partial charge in [0.25, 0.3) is 0 Å². The lowest BCUT2D eigenvalue weighted by molar-refractivity contribution is -0.141. The number of rotatable bonds is 6. The normalized spacial score (nSPS) is 15.5. The van der Waals surface area contributed by atoms with Gasteiger partial charge in [-0.15, -0.1) is 11.8 Å². The number of nitrogen functional groups attached to an aromatic ring is 1. The largest absolute Gasteiger partial charge is 0.478 e. The number of carboxylic acids is 1. The molecule has 1 fully saturated rings. The highest BCUT2D eigenvalue weighted by molar-refractivity contribution is 7.99. The molecule has 21 heavy (non-hydrogen) atoms. The molecule has 0 heterocycles. The summed E-state index contributed by atoms with van der Waals surface area (Å²) in [6, 6.07) is 2.26. The van der Waals surface area contributed by atoms with Crippen molar-refractivity contribution >= 4 is 29.4 Å². The second-order valence-electron chi connectivity index (χ2n) is 5.22. The Morgan fingerprint density at radius 3 is 2.67 bits per heavy atom. The lowest BCUT2D eigenvalue weighted by atomic mass is 10.1. The Balaban J connectivity index is 2.08. The number of benzene rings is 1. The average Bonchev–Trinajstić information content (AvgIpc) is 3.17. The highest BCUT2D eigenvalue weighted by Gasteiger charge is 2.44. The van der Waals surface area contributed by atoms with Crippen molar-refractivity contribution in [3.05, 3.63) is 23.5 Å². The van der Waals surface area contributed by atoms with Gasteiger partial charge in [-0.3, -0.25) is 4.79 Å². The fraction of sp³-hybridized carbons (Fsp3) is 0.429. The molecule has 0 bridgehead atoms. The first kappa shape index (κ1) is 15.6. The molecule has 114 valence electrons. The summed E-state index contributed by atoms with van der Waals surface area (Å²) < 4.78 is 18.5. The van der Waals surface area contributed by atoms with Gasteiger partial charge in [0.15, 0.2) is 0 Å². The molecule has 0 radical (unpaired) electrons. The molecule has 0 aromatic heterocycles. The summed E-state index contributed by atoms with van der Waals surface area (Å²) in [5.74, 6) is -1.47. The number of esters is 1. The average molecular weight is 313 g/mol. The zero-order valence-electron chi connectivity index (χ0n) is 11.5. The maximum Gasteiger partial charge on any atom is 0.337 e. The van der Waals surface area contributed by atoms with Crippen molar-refractivity contribution in [1.29, 1.82) is 0 Å². The van der Waals surface area contributed by atoms with Gasteiger partial charge in [-0.25, -0.2) is 9.18 Å². The second kappa shape index (κ2) is 5.93. The summed E-state index contributed by atoms with van der Waals surface area (Å²) >= 11 is 1.21. The van der Waals surface area contributed by atoms with Crippen LogP contribution in [0.5, 0.6) is 0 Å². The smallest absolute Gasteiger partial charge is 0.337 e. The van der Waals surface area contributed by atoms with Crippen molar-refractivity contribution in [3.8, 4) is 0 Å². The van der Waals surface area contributed by atoms with Crippen LogP contribution in [0.2, 0.25) is 0 Å². The van der Waals surface area contributed by atoms with E-state index in [9.17, 15) is 14.0 Å². The first-order chi connectivity index (χ1) is 9.87. The van der Waals surface area contributed by atoms with Crippen molar-refractivity contribution in [2.45, 2.75) is 24.2 Å². The van der Waals surface area contributed by atoms with E-state index in [1.807, 2.05) is 0 Å². The van der Waals surface area contributed by atoms with Gasteiger partial charge in [0, 0.05) is 16.3 Å². The van der Waals surface area contributed by atoms with E-state index in [4.69, 9.17) is 10.8 Å². The van der Waals surface area contributed by atoms with Crippen molar-refractivity contribution in [2.75, 3.05) is 18.6 Å². The Kier molecular flexibility index (Phi) is 4.41. The number of hydrogen-bond donors (Lipinski definition) is 2. The summed E-state index contributed by atoms with van der Waals surface area (Å²) in [6.45, 7) is 0. The fourth-order valence-electron chi connectivity index (χ4n) is 2.02. The monoisotopic (exact) mass is 313 g/mol. The zero-order chi connectivity index (χ0) is 15.6. The SMILES string of the molecule is COC(=O)CC1(CSc2cc(C(=O)O)c(N)cc2F)CC1. The maximum atomic E-state index is 13.8. The van der Waals surface area contributed by atoms with E-state index in [0.29, 0.717) is 12.2 Å². The maximum absolute atomic E-state index is 13.8. The summed E-state index contributed by atoms with van der Waals surface area (Å²) in [5.41, 5.74) is 5.11. The molecule has 1 aromatic rings. The number of carbonyl (C=O) groups is 2. The van der Waals surface area contributed by atoms with E-state index in [-0.39, 0.29) is 27.5 Å². The van der Waals surface area contributed by atoms with Gasteiger partial charge in [0.2, 0.25) is 0 Å². The molecule has 0 atom stereocenters. The van der Waals surface area contributed by atoms with Crippen LogP contribution in [-0.2, 0) is 9.53 Å². The van der Waals surface area contributed by atoms with Crippen molar-refractivity contribution in [2.24, 2.45) is 5.41 Å². The molecule has 1 saturated carbocycles. The number of anilines is 1. The van der Waals surface area contributed by atoms with Gasteiger partial charge in [-0.2, -0.15) is 0 Å². The molecular weight excluding hydrogens is 297 g/mol. The zero-order valence-corrected chi connectivity index (χ0v) is 12.3. The van der Waals surface area contributed by atoms with Gasteiger partial charge < -0.3 is 15.6 Å². The predicted molar refractivity (Wildman–Crippen MR) is 76.8 cm³/mol. The standard InChI is InChI=1S/C14H16FNO4S/c1-20-12(17)6-14(2-3-14)7-21-11-4-8(13(18)19)10(16)5-9(11)15/h4-5H,2-3,6-7,16H2,1H3,(H,18,19). The number of hydrogen-bond acceptors (Lipinski definition) is 5. The molecule has 0 aliphatic heterocycles. The fourth-order valence-corrected chi connectivity index (χ4v) is 3.27. The molecule has 1 aliphatic carbocycles. The van der Waals surface area contributed by atoms with Gasteiger partial charge in [0.1, 0.15) is 5.82 Å². The quantitative estimate of drug-likeness (QED) is 0.476. The molecule has 7 heteroatoms. The molecule has 0 unspecified atom stereocenters. The Morgan fingerprint density at radius 2 is 2.14 bits per heavy atom. The van der Waals surface area contributed by atoms with Gasteiger partial charge >= 0.3 is 11.9 Å². The molecule has 0 saturated heterocycles. The Bertz CT molecular complexity index is 587. The van der Waals surface area contributed by atoms with E-state index in [1.165, 1.54) is 24.9 Å². The van der Waals surface area contributed by atoms with Crippen molar-refractivity contribution in [3.63, 3.8) is 0 Å². The Labute approximate surface area is 125 Å². The van der Waals surface area contributed by atoms with Crippen LogP contribution in [-0.4, -0.2) is 29.9 Å². The number of halogens is 1. The molecule has 0 amide bonds.